The Morgan fingerprint density at radius 1 is 1.24 bits per heavy atom. The van der Waals surface area contributed by atoms with Crippen molar-refractivity contribution in [1.29, 1.82) is 0 Å². The lowest BCUT2D eigenvalue weighted by atomic mass is 10.00. The third kappa shape index (κ3) is 6.38. The molecular weight excluding hydrogens is 246 g/mol. The van der Waals surface area contributed by atoms with Gasteiger partial charge in [-0.3, -0.25) is 14.1 Å². The lowest BCUT2D eigenvalue weighted by Gasteiger charge is -2.21. The molecule has 2 N–H and O–H groups in total. The summed E-state index contributed by atoms with van der Waals surface area (Å²) >= 11 is 0. The minimum absolute atomic E-state index is 0.0746. The fourth-order valence-corrected chi connectivity index (χ4v) is 2.21. The second-order valence-corrected chi connectivity index (χ2v) is 5.99. The van der Waals surface area contributed by atoms with E-state index in [0.29, 0.717) is 0 Å². The van der Waals surface area contributed by atoms with Crippen LogP contribution in [0.1, 0.15) is 27.7 Å². The average Bonchev–Trinajstić information content (AvgIpc) is 2.09. The van der Waals surface area contributed by atoms with Crippen LogP contribution in [0.5, 0.6) is 0 Å². The van der Waals surface area contributed by atoms with Gasteiger partial charge in [0.2, 0.25) is 5.91 Å². The van der Waals surface area contributed by atoms with E-state index in [9.17, 15) is 18.0 Å². The number of carbonyl (C=O) groups excluding carboxylic acids is 2. The molecule has 1 amide bonds. The molecule has 0 aliphatic heterocycles. The molecule has 0 rings (SSSR count). The quantitative estimate of drug-likeness (QED) is 0.670. The zero-order valence-electron chi connectivity index (χ0n) is 10.4. The van der Waals surface area contributed by atoms with Gasteiger partial charge in [0.15, 0.2) is 5.78 Å². The number of ketones is 1. The lowest BCUT2D eigenvalue weighted by Crippen LogP contribution is -2.46. The van der Waals surface area contributed by atoms with E-state index >= 15 is 0 Å². The van der Waals surface area contributed by atoms with E-state index in [1.807, 2.05) is 0 Å². The number of carbonyl (C=O) groups is 2. The fourth-order valence-electron chi connectivity index (χ4n) is 1.42. The highest BCUT2D eigenvalue weighted by Crippen LogP contribution is 2.06. The molecule has 0 saturated heterocycles. The van der Waals surface area contributed by atoms with Crippen molar-refractivity contribution < 1.29 is 22.6 Å². The van der Waals surface area contributed by atoms with Gasteiger partial charge in [-0.25, -0.2) is 0 Å². The smallest absolute Gasteiger partial charge is 0.265 e. The van der Waals surface area contributed by atoms with E-state index in [1.54, 1.807) is 13.8 Å². The molecule has 17 heavy (non-hydrogen) atoms. The second kappa shape index (κ2) is 6.11. The van der Waals surface area contributed by atoms with Crippen LogP contribution in [0.2, 0.25) is 0 Å². The van der Waals surface area contributed by atoms with E-state index in [4.69, 9.17) is 4.55 Å². The zero-order valence-corrected chi connectivity index (χ0v) is 11.2. The Morgan fingerprint density at radius 2 is 1.71 bits per heavy atom. The highest BCUT2D eigenvalue weighted by Gasteiger charge is 2.25. The first-order valence-corrected chi connectivity index (χ1v) is 6.91. The van der Waals surface area contributed by atoms with Gasteiger partial charge in [0.25, 0.3) is 10.1 Å². The van der Waals surface area contributed by atoms with Crippen molar-refractivity contribution in [2.24, 2.45) is 11.8 Å². The van der Waals surface area contributed by atoms with Crippen LogP contribution in [-0.2, 0) is 19.7 Å². The monoisotopic (exact) mass is 265 g/mol. The summed E-state index contributed by atoms with van der Waals surface area (Å²) in [7, 11) is -4.19. The van der Waals surface area contributed by atoms with Gasteiger partial charge in [-0.15, -0.1) is 0 Å². The summed E-state index contributed by atoms with van der Waals surface area (Å²) in [6.45, 7) is 6.29. The van der Waals surface area contributed by atoms with Gasteiger partial charge in [0.1, 0.15) is 0 Å². The fraction of sp³-hybridized carbons (Fsp3) is 0.800. The SMILES string of the molecule is CC(=O)C(NC(=O)[C@@H](C)CS(=O)(=O)O)C(C)C. The van der Waals surface area contributed by atoms with Gasteiger partial charge >= 0.3 is 0 Å². The van der Waals surface area contributed by atoms with Gasteiger partial charge in [0, 0.05) is 0 Å². The third-order valence-electron chi connectivity index (χ3n) is 2.31. The molecular formula is C10H19NO5S. The number of amides is 1. The molecule has 1 unspecified atom stereocenters. The predicted octanol–water partition coefficient (Wildman–Crippen LogP) is 0.240. The topological polar surface area (TPSA) is 101 Å². The van der Waals surface area contributed by atoms with Crippen LogP contribution in [0.4, 0.5) is 0 Å². The van der Waals surface area contributed by atoms with Gasteiger partial charge in [0.05, 0.1) is 17.7 Å². The largest absolute Gasteiger partial charge is 0.346 e. The first-order chi connectivity index (χ1) is 7.54. The molecule has 0 aliphatic carbocycles. The molecule has 0 fully saturated rings. The molecule has 7 heteroatoms. The van der Waals surface area contributed by atoms with E-state index in [2.05, 4.69) is 5.32 Å². The molecule has 0 spiro atoms. The van der Waals surface area contributed by atoms with Crippen molar-refractivity contribution in [3.8, 4) is 0 Å². The van der Waals surface area contributed by atoms with Crippen LogP contribution < -0.4 is 5.32 Å². The Morgan fingerprint density at radius 3 is 2.00 bits per heavy atom. The molecule has 0 aromatic carbocycles. The van der Waals surface area contributed by atoms with Crippen LogP contribution >= 0.6 is 0 Å². The molecule has 2 atom stereocenters. The summed E-state index contributed by atoms with van der Waals surface area (Å²) in [6, 6.07) is -0.633. The van der Waals surface area contributed by atoms with Gasteiger partial charge in [-0.1, -0.05) is 20.8 Å². The molecule has 0 heterocycles. The third-order valence-corrected chi connectivity index (χ3v) is 3.23. The summed E-state index contributed by atoms with van der Waals surface area (Å²) in [4.78, 5) is 22.8. The summed E-state index contributed by atoms with van der Waals surface area (Å²) in [5.74, 6) is -2.37. The normalized spacial score (nSPS) is 15.4. The lowest BCUT2D eigenvalue weighted by molar-refractivity contribution is -0.129. The highest BCUT2D eigenvalue weighted by molar-refractivity contribution is 7.85. The molecule has 100 valence electrons. The van der Waals surface area contributed by atoms with Crippen molar-refractivity contribution >= 4 is 21.8 Å². The van der Waals surface area contributed by atoms with Crippen molar-refractivity contribution in [2.75, 3.05) is 5.75 Å². The van der Waals surface area contributed by atoms with Crippen LogP contribution in [0.25, 0.3) is 0 Å². The predicted molar refractivity (Wildman–Crippen MR) is 63.0 cm³/mol. The average molecular weight is 265 g/mol. The Balaban J connectivity index is 4.57. The van der Waals surface area contributed by atoms with Crippen LogP contribution in [0, 0.1) is 11.8 Å². The van der Waals surface area contributed by atoms with Gasteiger partial charge in [-0.05, 0) is 12.8 Å². The van der Waals surface area contributed by atoms with Crippen molar-refractivity contribution in [3.63, 3.8) is 0 Å². The minimum atomic E-state index is -4.19. The first kappa shape index (κ1) is 16.1. The summed E-state index contributed by atoms with van der Waals surface area (Å²) < 4.78 is 29.8. The Hall–Kier alpha value is -0.950. The molecule has 0 radical (unpaired) electrons. The molecule has 0 aliphatic rings. The number of hydrogen-bond acceptors (Lipinski definition) is 4. The molecule has 6 nitrogen and oxygen atoms in total. The summed E-state index contributed by atoms with van der Waals surface area (Å²) in [5.41, 5.74) is 0. The number of hydrogen-bond donors (Lipinski definition) is 2. The van der Waals surface area contributed by atoms with Crippen molar-refractivity contribution in [3.05, 3.63) is 0 Å². The number of rotatable bonds is 6. The van der Waals surface area contributed by atoms with Gasteiger partial charge in [-0.2, -0.15) is 8.42 Å². The standard InChI is InChI=1S/C10H19NO5S/c1-6(2)9(8(4)12)11-10(13)7(3)5-17(14,15)16/h6-7,9H,5H2,1-4H3,(H,11,13)(H,14,15,16)/t7-,9?/m0/s1. The van der Waals surface area contributed by atoms with E-state index < -0.39 is 33.7 Å². The minimum Gasteiger partial charge on any atom is -0.346 e. The Bertz CT molecular complexity index is 388. The maximum Gasteiger partial charge on any atom is 0.265 e. The molecule has 0 aromatic heterocycles. The maximum absolute atomic E-state index is 11.6. The Labute approximate surface area is 102 Å². The molecule has 0 aromatic rings. The van der Waals surface area contributed by atoms with E-state index in [-0.39, 0.29) is 11.7 Å². The maximum atomic E-state index is 11.6. The molecule has 0 saturated carbocycles. The highest BCUT2D eigenvalue weighted by atomic mass is 32.2. The Kier molecular flexibility index (Phi) is 5.77. The second-order valence-electron chi connectivity index (χ2n) is 4.49. The number of nitrogens with one attached hydrogen (secondary N) is 1. The van der Waals surface area contributed by atoms with Gasteiger partial charge < -0.3 is 5.32 Å². The summed E-state index contributed by atoms with van der Waals surface area (Å²) in [5, 5.41) is 2.47. The zero-order chi connectivity index (χ0) is 13.8. The van der Waals surface area contributed by atoms with Crippen molar-refractivity contribution in [1.82, 2.24) is 5.32 Å². The van der Waals surface area contributed by atoms with Crippen LogP contribution in [0.3, 0.4) is 0 Å². The summed E-state index contributed by atoms with van der Waals surface area (Å²) in [6.07, 6.45) is 0. The van der Waals surface area contributed by atoms with Crippen LogP contribution in [-0.4, -0.2) is 36.5 Å². The van der Waals surface area contributed by atoms with E-state index in [1.165, 1.54) is 13.8 Å². The van der Waals surface area contributed by atoms with Crippen LogP contribution in [0.15, 0.2) is 0 Å². The number of Topliss-reactive ketones (excluding diaryl/α,β-unsaturated/α-hetero) is 1. The van der Waals surface area contributed by atoms with E-state index in [0.717, 1.165) is 0 Å². The van der Waals surface area contributed by atoms with Crippen molar-refractivity contribution in [2.45, 2.75) is 33.7 Å². The first-order valence-electron chi connectivity index (χ1n) is 5.30. The molecule has 0 bridgehead atoms.